The van der Waals surface area contributed by atoms with E-state index in [2.05, 4.69) is 26.6 Å². The molecule has 1 aromatic carbocycles. The number of benzene rings is 1. The molecule has 1 saturated heterocycles. The van der Waals surface area contributed by atoms with Crippen molar-refractivity contribution in [3.63, 3.8) is 0 Å². The van der Waals surface area contributed by atoms with Gasteiger partial charge in [-0.05, 0) is 24.6 Å². The third-order valence-electron chi connectivity index (χ3n) is 3.29. The van der Waals surface area contributed by atoms with Crippen LogP contribution in [-0.4, -0.2) is 34.0 Å². The van der Waals surface area contributed by atoms with Crippen molar-refractivity contribution >= 4 is 44.3 Å². The van der Waals surface area contributed by atoms with E-state index >= 15 is 0 Å². The van der Waals surface area contributed by atoms with Gasteiger partial charge in [-0.1, -0.05) is 15.9 Å². The van der Waals surface area contributed by atoms with Gasteiger partial charge < -0.3 is 10.6 Å². The van der Waals surface area contributed by atoms with E-state index in [0.717, 1.165) is 13.1 Å². The van der Waals surface area contributed by atoms with Crippen LogP contribution in [0.2, 0.25) is 0 Å². The molecule has 1 aliphatic heterocycles. The summed E-state index contributed by atoms with van der Waals surface area (Å²) < 4.78 is 23.5. The third kappa shape index (κ3) is 4.40. The van der Waals surface area contributed by atoms with E-state index in [1.807, 2.05) is 0 Å². The molecule has 0 unspecified atom stereocenters. The summed E-state index contributed by atoms with van der Waals surface area (Å²) in [5.74, 6) is 0.143. The molecule has 1 amide bonds. The summed E-state index contributed by atoms with van der Waals surface area (Å²) in [4.78, 5) is 12.1. The number of sulfonamides is 1. The molecular formula is C12H17BrClN3O3S. The lowest BCUT2D eigenvalue weighted by Crippen LogP contribution is -2.48. The lowest BCUT2D eigenvalue weighted by molar-refractivity contribution is 0.0941. The maximum Gasteiger partial charge on any atom is 0.251 e. The molecule has 4 N–H and O–H groups in total. The minimum Gasteiger partial charge on any atom is -0.352 e. The van der Waals surface area contributed by atoms with Crippen molar-refractivity contribution in [1.82, 2.24) is 10.6 Å². The van der Waals surface area contributed by atoms with Crippen molar-refractivity contribution in [2.75, 3.05) is 19.6 Å². The highest BCUT2D eigenvalue weighted by Crippen LogP contribution is 2.24. The number of nitrogens with one attached hydrogen (secondary N) is 2. The second-order valence-electron chi connectivity index (χ2n) is 4.86. The molecule has 0 aliphatic carbocycles. The van der Waals surface area contributed by atoms with Crippen molar-refractivity contribution in [3.05, 3.63) is 27.7 Å². The largest absolute Gasteiger partial charge is 0.352 e. The second-order valence-corrected chi connectivity index (χ2v) is 7.30. The summed E-state index contributed by atoms with van der Waals surface area (Å²) in [6.45, 7) is 3.93. The van der Waals surface area contributed by atoms with Crippen molar-refractivity contribution in [2.45, 2.75) is 11.8 Å². The van der Waals surface area contributed by atoms with E-state index in [1.165, 1.54) is 6.07 Å². The molecule has 0 bridgehead atoms. The summed E-state index contributed by atoms with van der Waals surface area (Å²) in [5, 5.41) is 11.1. The predicted molar refractivity (Wildman–Crippen MR) is 86.2 cm³/mol. The van der Waals surface area contributed by atoms with Gasteiger partial charge in [0.1, 0.15) is 0 Å². The maximum atomic E-state index is 12.2. The molecule has 0 radical (unpaired) electrons. The molecule has 1 aliphatic rings. The monoisotopic (exact) mass is 397 g/mol. The molecule has 9 heteroatoms. The lowest BCUT2D eigenvalue weighted by atomic mass is 10.0. The molecule has 118 valence electrons. The van der Waals surface area contributed by atoms with Crippen LogP contribution in [0.1, 0.15) is 15.9 Å². The average molecular weight is 399 g/mol. The quantitative estimate of drug-likeness (QED) is 0.697. The molecule has 1 fully saturated rings. The molecule has 1 heterocycles. The van der Waals surface area contributed by atoms with Crippen LogP contribution in [-0.2, 0) is 10.0 Å². The van der Waals surface area contributed by atoms with Crippen LogP contribution in [0.25, 0.3) is 0 Å². The highest BCUT2D eigenvalue weighted by Gasteiger charge is 2.21. The van der Waals surface area contributed by atoms with E-state index in [9.17, 15) is 13.2 Å². The van der Waals surface area contributed by atoms with Crippen LogP contribution in [0.3, 0.4) is 0 Å². The fourth-order valence-electron chi connectivity index (χ4n) is 2.01. The number of rotatable bonds is 4. The van der Waals surface area contributed by atoms with Crippen LogP contribution in [0.4, 0.5) is 0 Å². The first-order valence-corrected chi connectivity index (χ1v) is 8.45. The summed E-state index contributed by atoms with van der Waals surface area (Å²) >= 11 is 3.20. The van der Waals surface area contributed by atoms with Gasteiger partial charge in [0.05, 0.1) is 4.90 Å². The molecule has 0 atom stereocenters. The van der Waals surface area contributed by atoms with Gasteiger partial charge in [0.2, 0.25) is 10.0 Å². The lowest BCUT2D eigenvalue weighted by Gasteiger charge is -2.27. The van der Waals surface area contributed by atoms with E-state index in [1.54, 1.807) is 13.0 Å². The van der Waals surface area contributed by atoms with Crippen molar-refractivity contribution in [3.8, 4) is 0 Å². The predicted octanol–water partition coefficient (Wildman–Crippen LogP) is 0.776. The van der Waals surface area contributed by atoms with Crippen molar-refractivity contribution < 1.29 is 13.2 Å². The van der Waals surface area contributed by atoms with Crippen molar-refractivity contribution in [1.29, 1.82) is 0 Å². The van der Waals surface area contributed by atoms with Gasteiger partial charge in [-0.25, -0.2) is 13.6 Å². The van der Waals surface area contributed by atoms with Gasteiger partial charge in [0.15, 0.2) is 0 Å². The van der Waals surface area contributed by atoms with Gasteiger partial charge in [0, 0.05) is 35.6 Å². The Morgan fingerprint density at radius 3 is 2.57 bits per heavy atom. The number of hydrogen-bond acceptors (Lipinski definition) is 4. The Bertz CT molecular complexity index is 647. The topological polar surface area (TPSA) is 101 Å². The minimum atomic E-state index is -3.86. The number of halogens is 2. The summed E-state index contributed by atoms with van der Waals surface area (Å²) in [5.41, 5.74) is 0.676. The molecular weight excluding hydrogens is 382 g/mol. The number of amides is 1. The molecule has 6 nitrogen and oxygen atoms in total. The number of nitrogens with two attached hydrogens (primary N) is 1. The maximum absolute atomic E-state index is 12.2. The summed E-state index contributed by atoms with van der Waals surface area (Å²) in [6.07, 6.45) is 0. The van der Waals surface area contributed by atoms with Crippen LogP contribution in [0.15, 0.2) is 21.5 Å². The van der Waals surface area contributed by atoms with E-state index < -0.39 is 10.0 Å². The molecule has 0 aromatic heterocycles. The van der Waals surface area contributed by atoms with Gasteiger partial charge >= 0.3 is 0 Å². The van der Waals surface area contributed by atoms with Gasteiger partial charge in [-0.2, -0.15) is 0 Å². The third-order valence-corrected chi connectivity index (χ3v) is 4.79. The number of carbonyl (C=O) groups excluding carboxylic acids is 1. The van der Waals surface area contributed by atoms with Crippen LogP contribution in [0.5, 0.6) is 0 Å². The number of hydrogen-bond donors (Lipinski definition) is 3. The minimum absolute atomic E-state index is 0. The highest BCUT2D eigenvalue weighted by molar-refractivity contribution is 9.10. The smallest absolute Gasteiger partial charge is 0.251 e. The van der Waals surface area contributed by atoms with Gasteiger partial charge in [-0.3, -0.25) is 4.79 Å². The highest BCUT2D eigenvalue weighted by atomic mass is 79.9. The first kappa shape index (κ1) is 18.4. The Morgan fingerprint density at radius 1 is 1.48 bits per heavy atom. The second kappa shape index (κ2) is 7.06. The first-order valence-electron chi connectivity index (χ1n) is 6.11. The Morgan fingerprint density at radius 2 is 2.10 bits per heavy atom. The normalized spacial score (nSPS) is 15.0. The average Bonchev–Trinajstić information content (AvgIpc) is 2.28. The fraction of sp³-hybridized carbons (Fsp3) is 0.417. The summed E-state index contributed by atoms with van der Waals surface area (Å²) in [6, 6.07) is 3.00. The number of carbonyl (C=O) groups is 1. The Kier molecular flexibility index (Phi) is 6.18. The summed E-state index contributed by atoms with van der Waals surface area (Å²) in [7, 11) is -3.86. The van der Waals surface area contributed by atoms with Crippen LogP contribution < -0.4 is 15.8 Å². The van der Waals surface area contributed by atoms with Crippen LogP contribution >= 0.6 is 28.3 Å². The zero-order valence-corrected chi connectivity index (χ0v) is 14.6. The Hall–Kier alpha value is -0.670. The van der Waals surface area contributed by atoms with E-state index in [-0.39, 0.29) is 23.2 Å². The first-order chi connectivity index (χ1) is 9.29. The van der Waals surface area contributed by atoms with Crippen LogP contribution in [0, 0.1) is 12.8 Å². The van der Waals surface area contributed by atoms with Gasteiger partial charge in [-0.15, -0.1) is 12.4 Å². The number of primary sulfonamides is 1. The zero-order valence-electron chi connectivity index (χ0n) is 11.3. The zero-order chi connectivity index (χ0) is 14.9. The standard InChI is InChI=1S/C12H16BrN3O3S.ClH/c1-7-10(12(17)16-6-8-4-15-5-8)2-9(13)3-11(7)20(14,18)19;/h2-3,8,15H,4-6H2,1H3,(H,16,17)(H2,14,18,19);1H. The molecule has 1 aromatic rings. The Balaban J connectivity index is 0.00000220. The molecule has 21 heavy (non-hydrogen) atoms. The fourth-order valence-corrected chi connectivity index (χ4v) is 3.45. The van der Waals surface area contributed by atoms with E-state index in [0.29, 0.717) is 28.1 Å². The molecule has 0 saturated carbocycles. The molecule has 2 rings (SSSR count). The van der Waals surface area contributed by atoms with Gasteiger partial charge in [0.25, 0.3) is 5.91 Å². The van der Waals surface area contributed by atoms with Crippen molar-refractivity contribution in [2.24, 2.45) is 11.1 Å². The molecule has 0 spiro atoms. The Labute approximate surface area is 138 Å². The van der Waals surface area contributed by atoms with E-state index in [4.69, 9.17) is 5.14 Å². The SMILES string of the molecule is Cc1c(C(=O)NCC2CNC2)cc(Br)cc1S(N)(=O)=O.Cl.